The normalized spacial score (nSPS) is 73.0. The second kappa shape index (κ2) is 1.63. The first-order chi connectivity index (χ1) is 5.50. The summed E-state index contributed by atoms with van der Waals surface area (Å²) >= 11 is 0. The van der Waals surface area contributed by atoms with Crippen LogP contribution in [-0.4, -0.2) is 0 Å². The number of hydrogen-bond donors (Lipinski definition) is 0. The smallest absolute Gasteiger partial charge is 0.0255 e. The monoisotopic (exact) mass is 164 g/mol. The Morgan fingerprint density at radius 1 is 1.00 bits per heavy atom. The number of rotatable bonds is 1. The van der Waals surface area contributed by atoms with Crippen molar-refractivity contribution >= 4 is 0 Å². The maximum absolute atomic E-state index is 2.54. The van der Waals surface area contributed by atoms with Crippen molar-refractivity contribution in [2.45, 2.75) is 40.5 Å². The third-order valence-corrected chi connectivity index (χ3v) is 5.72. The Balaban J connectivity index is 1.78. The molecule has 0 N–H and O–H groups in total. The van der Waals surface area contributed by atoms with Gasteiger partial charge in [-0.2, -0.15) is 0 Å². The van der Waals surface area contributed by atoms with Crippen LogP contribution in [0.25, 0.3) is 0 Å². The third-order valence-electron chi connectivity index (χ3n) is 5.72. The molecule has 0 aromatic heterocycles. The van der Waals surface area contributed by atoms with Gasteiger partial charge in [0.25, 0.3) is 0 Å². The summed E-state index contributed by atoms with van der Waals surface area (Å²) in [5, 5.41) is 0. The molecule has 68 valence electrons. The Kier molecular flexibility index (Phi) is 1.00. The van der Waals surface area contributed by atoms with Crippen molar-refractivity contribution in [2.24, 2.45) is 34.5 Å². The summed E-state index contributed by atoms with van der Waals surface area (Å²) in [5.74, 6) is 4.26. The number of fused-ring (bicyclic) bond motifs is 1. The van der Waals surface area contributed by atoms with Gasteiger partial charge in [-0.1, -0.05) is 27.7 Å². The summed E-state index contributed by atoms with van der Waals surface area (Å²) in [5.41, 5.74) is 1.58. The summed E-state index contributed by atoms with van der Waals surface area (Å²) in [6, 6.07) is 0. The molecule has 3 aliphatic carbocycles. The molecule has 0 nitrogen and oxygen atoms in total. The van der Waals surface area contributed by atoms with Crippen LogP contribution in [0.5, 0.6) is 0 Å². The summed E-state index contributed by atoms with van der Waals surface area (Å²) in [4.78, 5) is 0. The highest BCUT2D eigenvalue weighted by Crippen LogP contribution is 2.87. The van der Waals surface area contributed by atoms with E-state index in [9.17, 15) is 0 Å². The summed E-state index contributed by atoms with van der Waals surface area (Å²) < 4.78 is 0. The minimum atomic E-state index is 0.747. The van der Waals surface area contributed by atoms with Crippen molar-refractivity contribution in [3.63, 3.8) is 0 Å². The van der Waals surface area contributed by atoms with Gasteiger partial charge in [0, 0.05) is 0 Å². The van der Waals surface area contributed by atoms with E-state index >= 15 is 0 Å². The van der Waals surface area contributed by atoms with Crippen molar-refractivity contribution in [3.05, 3.63) is 0 Å². The molecule has 0 saturated heterocycles. The third kappa shape index (κ3) is 0.561. The van der Waals surface area contributed by atoms with Crippen LogP contribution in [0.2, 0.25) is 0 Å². The number of hydrogen-bond acceptors (Lipinski definition) is 0. The summed E-state index contributed by atoms with van der Waals surface area (Å²) in [7, 11) is 0. The molecule has 3 saturated carbocycles. The molecular formula is C12H20. The second-order valence-electron chi connectivity index (χ2n) is 6.27. The van der Waals surface area contributed by atoms with Crippen LogP contribution in [0.3, 0.4) is 0 Å². The van der Waals surface area contributed by atoms with Crippen molar-refractivity contribution in [1.29, 1.82) is 0 Å². The topological polar surface area (TPSA) is 0 Å². The zero-order chi connectivity index (χ0) is 8.72. The van der Waals surface area contributed by atoms with Crippen LogP contribution >= 0.6 is 0 Å². The quantitative estimate of drug-likeness (QED) is 0.557. The molecule has 0 spiro atoms. The lowest BCUT2D eigenvalue weighted by atomic mass is 9.51. The Hall–Kier alpha value is 0. The molecule has 0 aromatic carbocycles. The molecule has 6 unspecified atom stereocenters. The van der Waals surface area contributed by atoms with Crippen LogP contribution in [-0.2, 0) is 0 Å². The van der Waals surface area contributed by atoms with Gasteiger partial charge in [0.15, 0.2) is 0 Å². The highest BCUT2D eigenvalue weighted by Gasteiger charge is 2.81. The van der Waals surface area contributed by atoms with Crippen molar-refractivity contribution in [2.75, 3.05) is 0 Å². The van der Waals surface area contributed by atoms with E-state index in [4.69, 9.17) is 0 Å². The summed E-state index contributed by atoms with van der Waals surface area (Å²) in [6.45, 7) is 9.93. The maximum atomic E-state index is 2.54. The van der Waals surface area contributed by atoms with E-state index in [0.717, 1.165) is 34.5 Å². The van der Waals surface area contributed by atoms with Crippen LogP contribution < -0.4 is 0 Å². The van der Waals surface area contributed by atoms with Gasteiger partial charge in [0.2, 0.25) is 0 Å². The fourth-order valence-electron chi connectivity index (χ4n) is 4.33. The zero-order valence-electron chi connectivity index (χ0n) is 8.72. The van der Waals surface area contributed by atoms with Crippen LogP contribution in [0.1, 0.15) is 40.5 Å². The molecule has 12 heavy (non-hydrogen) atoms. The highest BCUT2D eigenvalue weighted by atomic mass is 14.9. The summed E-state index contributed by atoms with van der Waals surface area (Å²) in [6.07, 6.45) is 3.05. The first kappa shape index (κ1) is 7.41. The van der Waals surface area contributed by atoms with Crippen LogP contribution in [0, 0.1) is 34.5 Å². The largest absolute Gasteiger partial charge is 0.0622 e. The Bertz CT molecular complexity index is 244. The van der Waals surface area contributed by atoms with Gasteiger partial charge in [0.1, 0.15) is 0 Å². The molecule has 3 fully saturated rings. The standard InChI is InChI=1S/C12H20/c1-7-5-11(3,8(7)2)10-9-6-12(9,10)4/h7-10H,5-6H2,1-4H3. The molecule has 0 heterocycles. The predicted molar refractivity (Wildman–Crippen MR) is 50.8 cm³/mol. The molecule has 0 bridgehead atoms. The van der Waals surface area contributed by atoms with E-state index in [-0.39, 0.29) is 0 Å². The Morgan fingerprint density at radius 3 is 1.83 bits per heavy atom. The van der Waals surface area contributed by atoms with Crippen LogP contribution in [0.15, 0.2) is 0 Å². The fraction of sp³-hybridized carbons (Fsp3) is 1.00. The molecule has 6 atom stereocenters. The lowest BCUT2D eigenvalue weighted by molar-refractivity contribution is -0.0470. The lowest BCUT2D eigenvalue weighted by Crippen LogP contribution is -2.46. The van der Waals surface area contributed by atoms with E-state index in [0.29, 0.717) is 0 Å². The van der Waals surface area contributed by atoms with E-state index in [1.165, 1.54) is 6.42 Å². The Morgan fingerprint density at radius 2 is 1.58 bits per heavy atom. The van der Waals surface area contributed by atoms with E-state index in [1.807, 2.05) is 0 Å². The van der Waals surface area contributed by atoms with Gasteiger partial charge < -0.3 is 0 Å². The first-order valence-corrected chi connectivity index (χ1v) is 5.50. The maximum Gasteiger partial charge on any atom is -0.0255 e. The predicted octanol–water partition coefficient (Wildman–Crippen LogP) is 3.32. The molecular weight excluding hydrogens is 144 g/mol. The van der Waals surface area contributed by atoms with Crippen LogP contribution in [0.4, 0.5) is 0 Å². The average Bonchev–Trinajstić information content (AvgIpc) is 2.76. The van der Waals surface area contributed by atoms with Gasteiger partial charge in [-0.25, -0.2) is 0 Å². The molecule has 3 rings (SSSR count). The zero-order valence-corrected chi connectivity index (χ0v) is 8.72. The minimum Gasteiger partial charge on any atom is -0.0622 e. The molecule has 0 radical (unpaired) electrons. The van der Waals surface area contributed by atoms with Crippen molar-refractivity contribution in [1.82, 2.24) is 0 Å². The van der Waals surface area contributed by atoms with Gasteiger partial charge in [0.05, 0.1) is 0 Å². The van der Waals surface area contributed by atoms with E-state index in [2.05, 4.69) is 27.7 Å². The van der Waals surface area contributed by atoms with E-state index in [1.54, 1.807) is 6.42 Å². The SMILES string of the molecule is CC1CC(C)(C2C3CC32C)C1C. The van der Waals surface area contributed by atoms with Crippen molar-refractivity contribution in [3.8, 4) is 0 Å². The van der Waals surface area contributed by atoms with Gasteiger partial charge in [-0.05, 0) is 47.3 Å². The molecule has 0 heteroatoms. The van der Waals surface area contributed by atoms with Gasteiger partial charge in [-0.15, -0.1) is 0 Å². The molecule has 3 aliphatic rings. The lowest BCUT2D eigenvalue weighted by Gasteiger charge is -2.53. The fourth-order valence-corrected chi connectivity index (χ4v) is 4.33. The first-order valence-electron chi connectivity index (χ1n) is 5.50. The minimum absolute atomic E-state index is 0.747. The molecule has 0 aliphatic heterocycles. The van der Waals surface area contributed by atoms with E-state index < -0.39 is 0 Å². The average molecular weight is 164 g/mol. The van der Waals surface area contributed by atoms with Crippen molar-refractivity contribution < 1.29 is 0 Å². The second-order valence-corrected chi connectivity index (χ2v) is 6.27. The van der Waals surface area contributed by atoms with Gasteiger partial charge in [-0.3, -0.25) is 0 Å². The molecule has 0 amide bonds. The van der Waals surface area contributed by atoms with Gasteiger partial charge >= 0.3 is 0 Å². The Labute approximate surface area is 75.7 Å². The highest BCUT2D eigenvalue weighted by molar-refractivity contribution is 5.29. The molecule has 0 aromatic rings.